The summed E-state index contributed by atoms with van der Waals surface area (Å²) in [6.07, 6.45) is 5.52. The molecule has 0 aromatic carbocycles. The van der Waals surface area contributed by atoms with Gasteiger partial charge in [-0.15, -0.1) is 0 Å². The van der Waals surface area contributed by atoms with Crippen LogP contribution in [0.4, 0.5) is 0 Å². The molecular weight excluding hydrogens is 164 g/mol. The van der Waals surface area contributed by atoms with Gasteiger partial charge in [0, 0.05) is 6.20 Å². The highest BCUT2D eigenvalue weighted by molar-refractivity contribution is 5.45. The zero-order valence-electron chi connectivity index (χ0n) is 7.14. The maximum Gasteiger partial charge on any atom is 0.0683 e. The van der Waals surface area contributed by atoms with Gasteiger partial charge in [-0.1, -0.05) is 6.08 Å². The van der Waals surface area contributed by atoms with Gasteiger partial charge in [-0.3, -0.25) is 4.98 Å². The number of pyridine rings is 1. The molecule has 0 bridgehead atoms. The van der Waals surface area contributed by atoms with Crippen LogP contribution >= 0.6 is 0 Å². The number of hydrogen-bond donors (Lipinski definition) is 1. The van der Waals surface area contributed by atoms with Gasteiger partial charge in [-0.05, 0) is 23.8 Å². The summed E-state index contributed by atoms with van der Waals surface area (Å²) in [6.45, 7) is 0.0155. The molecule has 1 N–H and O–H groups in total. The topological polar surface area (TPSA) is 56.9 Å². The standard InChI is InChI=1S/C10H10N2O/c11-5-2-1-3-10-7-9(8-13)4-6-12-10/h1,3-4,6-7,13H,2,8H2. The number of allylic oxidation sites excluding steroid dienone is 1. The van der Waals surface area contributed by atoms with E-state index >= 15 is 0 Å². The van der Waals surface area contributed by atoms with Crippen molar-refractivity contribution in [2.75, 3.05) is 0 Å². The predicted molar refractivity (Wildman–Crippen MR) is 49.4 cm³/mol. The molecule has 1 rings (SSSR count). The minimum atomic E-state index is 0.0155. The van der Waals surface area contributed by atoms with Crippen LogP contribution in [-0.4, -0.2) is 10.1 Å². The summed E-state index contributed by atoms with van der Waals surface area (Å²) in [5.74, 6) is 0. The zero-order chi connectivity index (χ0) is 9.52. The van der Waals surface area contributed by atoms with E-state index in [9.17, 15) is 0 Å². The van der Waals surface area contributed by atoms with Crippen LogP contribution in [0.5, 0.6) is 0 Å². The Hall–Kier alpha value is -1.66. The molecule has 0 aliphatic rings. The van der Waals surface area contributed by atoms with Crippen LogP contribution in [0.1, 0.15) is 17.7 Å². The highest BCUT2D eigenvalue weighted by Crippen LogP contribution is 2.03. The van der Waals surface area contributed by atoms with E-state index in [0.29, 0.717) is 6.42 Å². The van der Waals surface area contributed by atoms with Crippen LogP contribution in [0.3, 0.4) is 0 Å². The molecule has 1 aromatic rings. The monoisotopic (exact) mass is 174 g/mol. The fourth-order valence-corrected chi connectivity index (χ4v) is 0.916. The minimum absolute atomic E-state index is 0.0155. The van der Waals surface area contributed by atoms with E-state index < -0.39 is 0 Å². The molecule has 1 heterocycles. The Bertz CT molecular complexity index is 339. The molecule has 0 aliphatic carbocycles. The minimum Gasteiger partial charge on any atom is -0.392 e. The van der Waals surface area contributed by atoms with Gasteiger partial charge in [0.25, 0.3) is 0 Å². The van der Waals surface area contributed by atoms with E-state index in [2.05, 4.69) is 4.98 Å². The lowest BCUT2D eigenvalue weighted by atomic mass is 10.2. The first-order valence-corrected chi connectivity index (χ1v) is 3.96. The first kappa shape index (κ1) is 9.43. The summed E-state index contributed by atoms with van der Waals surface area (Å²) in [7, 11) is 0. The summed E-state index contributed by atoms with van der Waals surface area (Å²) in [5, 5.41) is 17.1. The van der Waals surface area contributed by atoms with Crippen molar-refractivity contribution in [2.24, 2.45) is 0 Å². The van der Waals surface area contributed by atoms with Crippen LogP contribution in [0.2, 0.25) is 0 Å². The molecular formula is C10H10N2O. The second-order valence-electron chi connectivity index (χ2n) is 2.51. The Balaban J connectivity index is 2.73. The predicted octanol–water partition coefficient (Wildman–Crippen LogP) is 1.50. The molecule has 0 spiro atoms. The Kier molecular flexibility index (Phi) is 3.68. The van der Waals surface area contributed by atoms with Crippen molar-refractivity contribution >= 4 is 6.08 Å². The van der Waals surface area contributed by atoms with Gasteiger partial charge in [-0.2, -0.15) is 5.26 Å². The average molecular weight is 174 g/mol. The molecule has 3 heteroatoms. The van der Waals surface area contributed by atoms with Gasteiger partial charge in [-0.25, -0.2) is 0 Å². The van der Waals surface area contributed by atoms with E-state index in [1.807, 2.05) is 6.07 Å². The highest BCUT2D eigenvalue weighted by Gasteiger charge is 1.91. The van der Waals surface area contributed by atoms with Crippen molar-refractivity contribution in [3.63, 3.8) is 0 Å². The van der Waals surface area contributed by atoms with Crippen LogP contribution in [0.25, 0.3) is 6.08 Å². The quantitative estimate of drug-likeness (QED) is 0.755. The van der Waals surface area contributed by atoms with Crippen molar-refractivity contribution in [3.05, 3.63) is 35.7 Å². The first-order valence-electron chi connectivity index (χ1n) is 3.96. The number of hydrogen-bond acceptors (Lipinski definition) is 3. The number of aliphatic hydroxyl groups is 1. The summed E-state index contributed by atoms with van der Waals surface area (Å²) in [4.78, 5) is 4.05. The molecule has 0 saturated heterocycles. The number of aliphatic hydroxyl groups excluding tert-OH is 1. The van der Waals surface area contributed by atoms with E-state index in [4.69, 9.17) is 10.4 Å². The smallest absolute Gasteiger partial charge is 0.0683 e. The maximum atomic E-state index is 8.83. The third-order valence-electron chi connectivity index (χ3n) is 1.53. The first-order chi connectivity index (χ1) is 6.36. The molecule has 0 amide bonds. The van der Waals surface area contributed by atoms with Crippen molar-refractivity contribution in [2.45, 2.75) is 13.0 Å². The second-order valence-corrected chi connectivity index (χ2v) is 2.51. The summed E-state index contributed by atoms with van der Waals surface area (Å²) >= 11 is 0. The van der Waals surface area contributed by atoms with E-state index in [-0.39, 0.29) is 6.61 Å². The maximum absolute atomic E-state index is 8.83. The van der Waals surface area contributed by atoms with Crippen molar-refractivity contribution in [1.29, 1.82) is 5.26 Å². The number of rotatable bonds is 3. The van der Waals surface area contributed by atoms with Crippen LogP contribution < -0.4 is 0 Å². The van der Waals surface area contributed by atoms with Gasteiger partial charge in [0.15, 0.2) is 0 Å². The fraction of sp³-hybridized carbons (Fsp3) is 0.200. The van der Waals surface area contributed by atoms with Gasteiger partial charge < -0.3 is 5.11 Å². The number of nitrogens with zero attached hydrogens (tertiary/aromatic N) is 2. The number of nitriles is 1. The molecule has 0 unspecified atom stereocenters. The molecule has 0 atom stereocenters. The normalized spacial score (nSPS) is 10.2. The van der Waals surface area contributed by atoms with Crippen LogP contribution in [-0.2, 0) is 6.61 Å². The summed E-state index contributed by atoms with van der Waals surface area (Å²) in [5.41, 5.74) is 1.59. The van der Waals surface area contributed by atoms with Crippen molar-refractivity contribution in [3.8, 4) is 6.07 Å². The second kappa shape index (κ2) is 5.07. The van der Waals surface area contributed by atoms with E-state index in [1.54, 1.807) is 30.5 Å². The highest BCUT2D eigenvalue weighted by atomic mass is 16.3. The Morgan fingerprint density at radius 2 is 2.46 bits per heavy atom. The SMILES string of the molecule is N#CCC=Cc1cc(CO)ccn1. The molecule has 66 valence electrons. The largest absolute Gasteiger partial charge is 0.392 e. The summed E-state index contributed by atoms with van der Waals surface area (Å²) < 4.78 is 0. The Morgan fingerprint density at radius 3 is 3.15 bits per heavy atom. The van der Waals surface area contributed by atoms with Crippen LogP contribution in [0, 0.1) is 11.3 Å². The van der Waals surface area contributed by atoms with E-state index in [0.717, 1.165) is 11.3 Å². The van der Waals surface area contributed by atoms with Gasteiger partial charge in [0.1, 0.15) is 0 Å². The molecule has 0 aliphatic heterocycles. The summed E-state index contributed by atoms with van der Waals surface area (Å²) in [6, 6.07) is 5.54. The molecule has 1 aromatic heterocycles. The Labute approximate surface area is 77.0 Å². The molecule has 13 heavy (non-hydrogen) atoms. The molecule has 0 fully saturated rings. The fourth-order valence-electron chi connectivity index (χ4n) is 0.916. The van der Waals surface area contributed by atoms with Gasteiger partial charge >= 0.3 is 0 Å². The number of aromatic nitrogens is 1. The van der Waals surface area contributed by atoms with Gasteiger partial charge in [0.05, 0.1) is 24.8 Å². The molecule has 3 nitrogen and oxygen atoms in total. The average Bonchev–Trinajstić information content (AvgIpc) is 2.19. The van der Waals surface area contributed by atoms with Gasteiger partial charge in [0.2, 0.25) is 0 Å². The lowest BCUT2D eigenvalue weighted by Gasteiger charge is -1.95. The third kappa shape index (κ3) is 3.06. The lowest BCUT2D eigenvalue weighted by Crippen LogP contribution is -1.86. The molecule has 0 saturated carbocycles. The lowest BCUT2D eigenvalue weighted by molar-refractivity contribution is 0.281. The van der Waals surface area contributed by atoms with E-state index in [1.165, 1.54) is 0 Å². The third-order valence-corrected chi connectivity index (χ3v) is 1.53. The zero-order valence-corrected chi connectivity index (χ0v) is 7.14. The van der Waals surface area contributed by atoms with Crippen molar-refractivity contribution < 1.29 is 5.11 Å². The van der Waals surface area contributed by atoms with Crippen LogP contribution in [0.15, 0.2) is 24.4 Å². The molecule has 0 radical (unpaired) electrons. The van der Waals surface area contributed by atoms with Crippen molar-refractivity contribution in [1.82, 2.24) is 4.98 Å². The Morgan fingerprint density at radius 1 is 1.62 bits per heavy atom.